The molecule has 3 aromatic rings. The van der Waals surface area contributed by atoms with Crippen LogP contribution in [-0.2, 0) is 18.9 Å². The first-order valence-electron chi connectivity index (χ1n) is 9.22. The summed E-state index contributed by atoms with van der Waals surface area (Å²) in [7, 11) is 2.95. The van der Waals surface area contributed by atoms with Crippen LogP contribution < -0.4 is 16.6 Å². The van der Waals surface area contributed by atoms with E-state index < -0.39 is 11.2 Å². The Kier molecular flexibility index (Phi) is 5.18. The third-order valence-electron chi connectivity index (χ3n) is 5.04. The molecule has 0 aliphatic heterocycles. The molecule has 29 heavy (non-hydrogen) atoms. The summed E-state index contributed by atoms with van der Waals surface area (Å²) in [6.45, 7) is 0. The zero-order valence-electron chi connectivity index (χ0n) is 16.0. The highest BCUT2D eigenvalue weighted by Crippen LogP contribution is 2.31. The lowest BCUT2D eigenvalue weighted by Gasteiger charge is -2.11. The van der Waals surface area contributed by atoms with E-state index in [0.29, 0.717) is 16.9 Å². The van der Waals surface area contributed by atoms with Crippen LogP contribution in [0.5, 0.6) is 0 Å². The van der Waals surface area contributed by atoms with Crippen LogP contribution in [0.1, 0.15) is 31.7 Å². The van der Waals surface area contributed by atoms with Gasteiger partial charge in [0.15, 0.2) is 0 Å². The first-order valence-corrected chi connectivity index (χ1v) is 10.2. The Balaban J connectivity index is 1.48. The smallest absolute Gasteiger partial charge is 0.324 e. The van der Waals surface area contributed by atoms with Crippen LogP contribution >= 0.6 is 11.8 Å². The Morgan fingerprint density at radius 1 is 1.24 bits per heavy atom. The molecule has 1 aliphatic carbocycles. The summed E-state index contributed by atoms with van der Waals surface area (Å²) in [4.78, 5) is 40.9. The number of pyridine rings is 1. The van der Waals surface area contributed by atoms with Crippen molar-refractivity contribution >= 4 is 34.4 Å². The number of hydrogen-bond acceptors (Lipinski definition) is 8. The maximum atomic E-state index is 12.4. The van der Waals surface area contributed by atoms with E-state index in [2.05, 4.69) is 25.8 Å². The molecule has 1 saturated carbocycles. The van der Waals surface area contributed by atoms with E-state index in [1.165, 1.54) is 35.6 Å². The molecule has 11 nitrogen and oxygen atoms in total. The number of nitrogens with one attached hydrogen (secondary N) is 1. The van der Waals surface area contributed by atoms with Gasteiger partial charge in [-0.3, -0.25) is 18.7 Å². The molecule has 0 saturated heterocycles. The molecule has 1 amide bonds. The fraction of sp³-hybridized carbons (Fsp3) is 0.471. The van der Waals surface area contributed by atoms with Gasteiger partial charge in [-0.1, -0.05) is 24.6 Å². The van der Waals surface area contributed by atoms with Crippen LogP contribution in [-0.4, -0.2) is 46.0 Å². The monoisotopic (exact) mass is 416 g/mol. The molecule has 152 valence electrons. The van der Waals surface area contributed by atoms with Crippen LogP contribution in [0.2, 0.25) is 0 Å². The molecule has 3 heterocycles. The minimum absolute atomic E-state index is 0.121. The summed E-state index contributed by atoms with van der Waals surface area (Å²) in [6, 6.07) is 1.82. The van der Waals surface area contributed by atoms with Gasteiger partial charge in [-0.2, -0.15) is 0 Å². The van der Waals surface area contributed by atoms with Gasteiger partial charge in [0.25, 0.3) is 5.56 Å². The second-order valence-electron chi connectivity index (χ2n) is 6.98. The first-order chi connectivity index (χ1) is 14.0. The van der Waals surface area contributed by atoms with E-state index in [0.717, 1.165) is 30.3 Å². The van der Waals surface area contributed by atoms with Gasteiger partial charge >= 0.3 is 5.69 Å². The number of aromatic nitrogens is 7. The van der Waals surface area contributed by atoms with Gasteiger partial charge in [-0.15, -0.1) is 5.10 Å². The molecule has 0 aromatic carbocycles. The maximum absolute atomic E-state index is 12.4. The number of carbonyl (C=O) groups is 1. The summed E-state index contributed by atoms with van der Waals surface area (Å²) in [5.41, 5.74) is -0.268. The normalized spacial score (nSPS) is 14.6. The molecule has 1 aliphatic rings. The minimum Gasteiger partial charge on any atom is -0.324 e. The van der Waals surface area contributed by atoms with Crippen LogP contribution in [0.15, 0.2) is 27.0 Å². The molecule has 1 fully saturated rings. The fourth-order valence-electron chi connectivity index (χ4n) is 3.52. The number of anilines is 1. The maximum Gasteiger partial charge on any atom is 0.332 e. The zero-order valence-corrected chi connectivity index (χ0v) is 16.8. The molecule has 1 N–H and O–H groups in total. The molecular weight excluding hydrogens is 396 g/mol. The van der Waals surface area contributed by atoms with Crippen molar-refractivity contribution in [2.75, 3.05) is 11.1 Å². The Bertz CT molecular complexity index is 1190. The quantitative estimate of drug-likeness (QED) is 0.594. The van der Waals surface area contributed by atoms with Crippen molar-refractivity contribution < 1.29 is 4.79 Å². The number of thioether (sulfide) groups is 1. The predicted molar refractivity (Wildman–Crippen MR) is 107 cm³/mol. The highest BCUT2D eigenvalue weighted by molar-refractivity contribution is 7.99. The molecule has 0 spiro atoms. The highest BCUT2D eigenvalue weighted by atomic mass is 32.2. The molecular formula is C17H20N8O3S. The minimum atomic E-state index is -0.461. The van der Waals surface area contributed by atoms with Gasteiger partial charge in [0.05, 0.1) is 29.1 Å². The zero-order chi connectivity index (χ0) is 20.5. The van der Waals surface area contributed by atoms with Crippen molar-refractivity contribution in [3.63, 3.8) is 0 Å². The number of nitrogens with zero attached hydrogens (tertiary/aromatic N) is 7. The van der Waals surface area contributed by atoms with Crippen molar-refractivity contribution in [2.45, 2.75) is 36.9 Å². The Hall–Kier alpha value is -3.02. The second-order valence-corrected chi connectivity index (χ2v) is 7.92. The van der Waals surface area contributed by atoms with E-state index in [4.69, 9.17) is 0 Å². The standard InChI is InChI=1S/C17H20N8O3S/c1-23-14-12(15(27)24(2)17(23)28)7-10(8-18-14)19-13(26)9-29-16-20-21-22-25(16)11-5-3-4-6-11/h7-8,11H,3-6,9H2,1-2H3,(H,19,26). The lowest BCUT2D eigenvalue weighted by atomic mass is 10.3. The van der Waals surface area contributed by atoms with Gasteiger partial charge < -0.3 is 5.32 Å². The van der Waals surface area contributed by atoms with Gasteiger partial charge in [0.2, 0.25) is 11.1 Å². The van der Waals surface area contributed by atoms with Crippen LogP contribution in [0, 0.1) is 0 Å². The summed E-state index contributed by atoms with van der Waals surface area (Å²) in [5.74, 6) is -0.144. The van der Waals surface area contributed by atoms with E-state index >= 15 is 0 Å². The van der Waals surface area contributed by atoms with Gasteiger partial charge in [0.1, 0.15) is 5.65 Å². The highest BCUT2D eigenvalue weighted by Gasteiger charge is 2.22. The van der Waals surface area contributed by atoms with Crippen molar-refractivity contribution in [1.29, 1.82) is 0 Å². The molecule has 12 heteroatoms. The fourth-order valence-corrected chi connectivity index (χ4v) is 4.26. The molecule has 4 rings (SSSR count). The lowest BCUT2D eigenvalue weighted by molar-refractivity contribution is -0.113. The van der Waals surface area contributed by atoms with Crippen LogP contribution in [0.4, 0.5) is 5.69 Å². The number of amides is 1. The Morgan fingerprint density at radius 3 is 2.76 bits per heavy atom. The van der Waals surface area contributed by atoms with E-state index in [-0.39, 0.29) is 22.7 Å². The number of fused-ring (bicyclic) bond motifs is 1. The summed E-state index contributed by atoms with van der Waals surface area (Å²) in [5, 5.41) is 15.4. The third-order valence-corrected chi connectivity index (χ3v) is 5.98. The van der Waals surface area contributed by atoms with E-state index in [9.17, 15) is 14.4 Å². The summed E-state index contributed by atoms with van der Waals surface area (Å²) < 4.78 is 4.10. The van der Waals surface area contributed by atoms with E-state index in [1.807, 2.05) is 0 Å². The predicted octanol–water partition coefficient (Wildman–Crippen LogP) is 0.465. The topological polar surface area (TPSA) is 130 Å². The van der Waals surface area contributed by atoms with Crippen LogP contribution in [0.25, 0.3) is 11.0 Å². The SMILES string of the molecule is Cn1c(=O)c2cc(NC(=O)CSc3nnnn3C3CCCC3)cnc2n(C)c1=O. The average molecular weight is 416 g/mol. The average Bonchev–Trinajstić information content (AvgIpc) is 3.40. The third kappa shape index (κ3) is 3.67. The van der Waals surface area contributed by atoms with Crippen LogP contribution in [0.3, 0.4) is 0 Å². The van der Waals surface area contributed by atoms with Crippen molar-refractivity contribution in [2.24, 2.45) is 14.1 Å². The Labute approximate surface area is 169 Å². The molecule has 0 bridgehead atoms. The lowest BCUT2D eigenvalue weighted by Crippen LogP contribution is -2.37. The second kappa shape index (κ2) is 7.78. The van der Waals surface area contributed by atoms with Gasteiger partial charge in [-0.25, -0.2) is 14.5 Å². The van der Waals surface area contributed by atoms with Gasteiger partial charge in [0, 0.05) is 14.1 Å². The van der Waals surface area contributed by atoms with Crippen molar-refractivity contribution in [1.82, 2.24) is 34.3 Å². The number of aryl methyl sites for hydroxylation is 1. The number of rotatable bonds is 5. The summed E-state index contributed by atoms with van der Waals surface area (Å²) >= 11 is 1.26. The van der Waals surface area contributed by atoms with Crippen molar-refractivity contribution in [3.05, 3.63) is 33.1 Å². The number of hydrogen-bond donors (Lipinski definition) is 1. The molecule has 3 aromatic heterocycles. The summed E-state index contributed by atoms with van der Waals surface area (Å²) in [6.07, 6.45) is 5.84. The van der Waals surface area contributed by atoms with E-state index in [1.54, 1.807) is 11.7 Å². The number of carbonyl (C=O) groups excluding carboxylic acids is 1. The molecule has 0 atom stereocenters. The Morgan fingerprint density at radius 2 is 2.00 bits per heavy atom. The van der Waals surface area contributed by atoms with Crippen molar-refractivity contribution in [3.8, 4) is 0 Å². The molecule has 0 radical (unpaired) electrons. The van der Waals surface area contributed by atoms with Gasteiger partial charge in [-0.05, 0) is 29.3 Å². The number of tetrazole rings is 1. The first kappa shape index (κ1) is 19.3. The molecule has 0 unspecified atom stereocenters. The largest absolute Gasteiger partial charge is 0.332 e.